The van der Waals surface area contributed by atoms with Crippen LogP contribution in [0.4, 0.5) is 0 Å². The molecule has 0 fully saturated rings. The number of thiazole rings is 1. The van der Waals surface area contributed by atoms with Crippen molar-refractivity contribution in [3.63, 3.8) is 0 Å². The molecule has 0 aliphatic heterocycles. The first-order chi connectivity index (χ1) is 8.65. The molecule has 6 heteroatoms. The van der Waals surface area contributed by atoms with Crippen LogP contribution in [0.15, 0.2) is 29.6 Å². The maximum absolute atomic E-state index is 10.5. The predicted molar refractivity (Wildman–Crippen MR) is 69.2 cm³/mol. The van der Waals surface area contributed by atoms with Gasteiger partial charge in [0.1, 0.15) is 17.4 Å². The van der Waals surface area contributed by atoms with E-state index in [0.29, 0.717) is 16.5 Å². The summed E-state index contributed by atoms with van der Waals surface area (Å²) in [5, 5.41) is 11.6. The lowest BCUT2D eigenvalue weighted by atomic mass is 10.3. The van der Waals surface area contributed by atoms with E-state index in [0.717, 1.165) is 5.01 Å². The number of nitrogens with zero attached hydrogens (tertiary/aromatic N) is 1. The topological polar surface area (TPSA) is 59.4 Å². The minimum atomic E-state index is -0.890. The Morgan fingerprint density at radius 2 is 2.22 bits per heavy atom. The standard InChI is InChI=1S/C12H10ClNO3S/c13-9-3-1-2-4-10(9)17-6-11-14-8(7-18-11)5-12(15)16/h1-4,7H,5-6H2,(H,15,16). The second-order valence-corrected chi connectivity index (χ2v) is 4.87. The van der Waals surface area contributed by atoms with Crippen molar-refractivity contribution >= 4 is 28.9 Å². The summed E-state index contributed by atoms with van der Waals surface area (Å²) in [6.45, 7) is 0.286. The third-order valence-electron chi connectivity index (χ3n) is 2.12. The van der Waals surface area contributed by atoms with Crippen LogP contribution < -0.4 is 4.74 Å². The van der Waals surface area contributed by atoms with Crippen molar-refractivity contribution in [2.45, 2.75) is 13.0 Å². The van der Waals surface area contributed by atoms with E-state index in [1.54, 1.807) is 17.5 Å². The van der Waals surface area contributed by atoms with Crippen LogP contribution in [0.3, 0.4) is 0 Å². The number of aliphatic carboxylic acids is 1. The minimum absolute atomic E-state index is 0.0669. The molecule has 0 saturated heterocycles. The first-order valence-corrected chi connectivity index (χ1v) is 6.43. The van der Waals surface area contributed by atoms with Crippen LogP contribution >= 0.6 is 22.9 Å². The van der Waals surface area contributed by atoms with Crippen LogP contribution in [0.1, 0.15) is 10.7 Å². The van der Waals surface area contributed by atoms with E-state index in [-0.39, 0.29) is 13.0 Å². The van der Waals surface area contributed by atoms with Crippen LogP contribution in [-0.4, -0.2) is 16.1 Å². The molecule has 4 nitrogen and oxygen atoms in total. The molecule has 0 unspecified atom stereocenters. The van der Waals surface area contributed by atoms with Gasteiger partial charge in [-0.05, 0) is 12.1 Å². The zero-order valence-corrected chi connectivity index (χ0v) is 10.9. The van der Waals surface area contributed by atoms with Crippen LogP contribution in [0.2, 0.25) is 5.02 Å². The summed E-state index contributed by atoms with van der Waals surface area (Å²) in [7, 11) is 0. The number of carboxylic acids is 1. The highest BCUT2D eigenvalue weighted by molar-refractivity contribution is 7.09. The Hall–Kier alpha value is -1.59. The first-order valence-electron chi connectivity index (χ1n) is 5.17. The molecule has 1 aromatic carbocycles. The van der Waals surface area contributed by atoms with Crippen molar-refractivity contribution < 1.29 is 14.6 Å². The number of para-hydroxylation sites is 1. The van der Waals surface area contributed by atoms with Crippen LogP contribution in [0.5, 0.6) is 5.75 Å². The number of hydrogen-bond donors (Lipinski definition) is 1. The molecule has 2 rings (SSSR count). The third kappa shape index (κ3) is 3.45. The van der Waals surface area contributed by atoms with Crippen LogP contribution in [-0.2, 0) is 17.8 Å². The molecule has 0 atom stereocenters. The number of rotatable bonds is 5. The smallest absolute Gasteiger partial charge is 0.309 e. The van der Waals surface area contributed by atoms with E-state index in [2.05, 4.69) is 4.98 Å². The molecule has 0 radical (unpaired) electrons. The van der Waals surface area contributed by atoms with E-state index in [9.17, 15) is 4.79 Å². The zero-order chi connectivity index (χ0) is 13.0. The Kier molecular flexibility index (Phi) is 4.17. The summed E-state index contributed by atoms with van der Waals surface area (Å²) in [5.41, 5.74) is 0.547. The molecule has 1 heterocycles. The quantitative estimate of drug-likeness (QED) is 0.916. The maximum atomic E-state index is 10.5. The third-order valence-corrected chi connectivity index (χ3v) is 3.30. The second kappa shape index (κ2) is 5.84. The summed E-state index contributed by atoms with van der Waals surface area (Å²) >= 11 is 7.32. The van der Waals surface area contributed by atoms with Gasteiger partial charge in [-0.1, -0.05) is 23.7 Å². The lowest BCUT2D eigenvalue weighted by Gasteiger charge is -2.05. The fourth-order valence-corrected chi connectivity index (χ4v) is 2.25. The number of ether oxygens (including phenoxy) is 1. The number of benzene rings is 1. The molecule has 1 aromatic heterocycles. The van der Waals surface area contributed by atoms with E-state index in [1.165, 1.54) is 11.3 Å². The number of halogens is 1. The molecule has 2 aromatic rings. The van der Waals surface area contributed by atoms with Crippen molar-refractivity contribution in [3.05, 3.63) is 45.4 Å². The molecule has 0 aliphatic carbocycles. The lowest BCUT2D eigenvalue weighted by molar-refractivity contribution is -0.136. The minimum Gasteiger partial charge on any atom is -0.485 e. The molecule has 1 N–H and O–H groups in total. The Bertz CT molecular complexity index is 556. The predicted octanol–water partition coefficient (Wildman–Crippen LogP) is 3.00. The van der Waals surface area contributed by atoms with Crippen molar-refractivity contribution in [1.29, 1.82) is 0 Å². The average molecular weight is 284 g/mol. The molecular weight excluding hydrogens is 274 g/mol. The van der Waals surface area contributed by atoms with Gasteiger partial charge in [0.25, 0.3) is 0 Å². The van der Waals surface area contributed by atoms with Gasteiger partial charge in [-0.25, -0.2) is 4.98 Å². The summed E-state index contributed by atoms with van der Waals surface area (Å²) < 4.78 is 5.51. The summed E-state index contributed by atoms with van der Waals surface area (Å²) in [5.74, 6) is -0.298. The molecule has 0 saturated carbocycles. The van der Waals surface area contributed by atoms with Crippen molar-refractivity contribution in [3.8, 4) is 5.75 Å². The van der Waals surface area contributed by atoms with Crippen LogP contribution in [0.25, 0.3) is 0 Å². The van der Waals surface area contributed by atoms with Gasteiger partial charge in [-0.2, -0.15) is 0 Å². The Morgan fingerprint density at radius 3 is 2.94 bits per heavy atom. The molecular formula is C12H10ClNO3S. The monoisotopic (exact) mass is 283 g/mol. The molecule has 0 amide bonds. The van der Waals surface area contributed by atoms with Gasteiger partial charge in [0.05, 0.1) is 17.1 Å². The number of carboxylic acid groups (broad SMARTS) is 1. The summed E-state index contributed by atoms with van der Waals surface area (Å²) in [4.78, 5) is 14.7. The van der Waals surface area contributed by atoms with E-state index >= 15 is 0 Å². The lowest BCUT2D eigenvalue weighted by Crippen LogP contribution is -2.01. The maximum Gasteiger partial charge on any atom is 0.309 e. The number of carbonyl (C=O) groups is 1. The SMILES string of the molecule is O=C(O)Cc1csc(COc2ccccc2Cl)n1. The number of hydrogen-bond acceptors (Lipinski definition) is 4. The summed E-state index contributed by atoms with van der Waals surface area (Å²) in [6, 6.07) is 7.17. The Labute approximate surface area is 113 Å². The van der Waals surface area contributed by atoms with Gasteiger partial charge in [-0.3, -0.25) is 4.79 Å². The average Bonchev–Trinajstić information content (AvgIpc) is 2.75. The number of aromatic nitrogens is 1. The van der Waals surface area contributed by atoms with Gasteiger partial charge in [-0.15, -0.1) is 11.3 Å². The van der Waals surface area contributed by atoms with Gasteiger partial charge >= 0.3 is 5.97 Å². The highest BCUT2D eigenvalue weighted by Crippen LogP contribution is 2.24. The van der Waals surface area contributed by atoms with Crippen molar-refractivity contribution in [2.75, 3.05) is 0 Å². The molecule has 18 heavy (non-hydrogen) atoms. The molecule has 0 aliphatic rings. The van der Waals surface area contributed by atoms with Crippen molar-refractivity contribution in [1.82, 2.24) is 4.98 Å². The van der Waals surface area contributed by atoms with Gasteiger partial charge in [0, 0.05) is 5.38 Å². The summed E-state index contributed by atoms with van der Waals surface area (Å²) in [6.07, 6.45) is -0.0669. The normalized spacial score (nSPS) is 10.3. The molecule has 0 bridgehead atoms. The largest absolute Gasteiger partial charge is 0.485 e. The molecule has 94 valence electrons. The van der Waals surface area contributed by atoms with Gasteiger partial charge in [0.2, 0.25) is 0 Å². The van der Waals surface area contributed by atoms with E-state index in [4.69, 9.17) is 21.4 Å². The van der Waals surface area contributed by atoms with E-state index < -0.39 is 5.97 Å². The second-order valence-electron chi connectivity index (χ2n) is 3.52. The van der Waals surface area contributed by atoms with Gasteiger partial charge in [0.15, 0.2) is 0 Å². The fourth-order valence-electron chi connectivity index (χ4n) is 1.35. The van der Waals surface area contributed by atoms with Crippen LogP contribution in [0, 0.1) is 0 Å². The molecule has 0 spiro atoms. The first kappa shape index (κ1) is 12.9. The van der Waals surface area contributed by atoms with Gasteiger partial charge < -0.3 is 9.84 Å². The Balaban J connectivity index is 1.96. The van der Waals surface area contributed by atoms with E-state index in [1.807, 2.05) is 12.1 Å². The Morgan fingerprint density at radius 1 is 1.44 bits per heavy atom. The fraction of sp³-hybridized carbons (Fsp3) is 0.167. The van der Waals surface area contributed by atoms with Crippen molar-refractivity contribution in [2.24, 2.45) is 0 Å². The highest BCUT2D eigenvalue weighted by atomic mass is 35.5. The zero-order valence-electron chi connectivity index (χ0n) is 9.30. The highest BCUT2D eigenvalue weighted by Gasteiger charge is 2.07.